The number of hydrogen-bond donors (Lipinski definition) is 2. The molecule has 1 aromatic heterocycles. The van der Waals surface area contributed by atoms with Gasteiger partial charge in [-0.25, -0.2) is 13.1 Å². The third kappa shape index (κ3) is 6.13. The normalized spacial score (nSPS) is 16.2. The zero-order valence-corrected chi connectivity index (χ0v) is 16.1. The molecule has 1 aliphatic heterocycles. The zero-order chi connectivity index (χ0) is 19.3. The molecule has 1 saturated heterocycles. The molecular formula is C19H24N4O3S. The lowest BCUT2D eigenvalue weighted by atomic mass is 10.0. The average Bonchev–Trinajstić information content (AvgIpc) is 2.63. The number of nitrogens with one attached hydrogen (secondary N) is 2. The Labute approximate surface area is 159 Å². The third-order valence-corrected chi connectivity index (χ3v) is 5.26. The molecule has 3 rings (SSSR count). The molecular weight excluding hydrogens is 364 g/mol. The number of sulfonamides is 1. The van der Waals surface area contributed by atoms with Crippen molar-refractivity contribution < 1.29 is 13.2 Å². The van der Waals surface area contributed by atoms with Crippen molar-refractivity contribution in [2.75, 3.05) is 24.7 Å². The van der Waals surface area contributed by atoms with Crippen LogP contribution in [0.15, 0.2) is 48.8 Å². The van der Waals surface area contributed by atoms with Crippen LogP contribution < -0.4 is 10.0 Å². The molecule has 0 aliphatic carbocycles. The summed E-state index contributed by atoms with van der Waals surface area (Å²) in [5.41, 5.74) is 2.38. The van der Waals surface area contributed by atoms with E-state index in [9.17, 15) is 13.2 Å². The van der Waals surface area contributed by atoms with Crippen molar-refractivity contribution >= 4 is 21.6 Å². The van der Waals surface area contributed by atoms with E-state index in [1.54, 1.807) is 30.6 Å². The minimum Gasteiger partial charge on any atom is -0.322 e. The van der Waals surface area contributed by atoms with Gasteiger partial charge in [0, 0.05) is 49.3 Å². The second-order valence-electron chi connectivity index (χ2n) is 6.83. The van der Waals surface area contributed by atoms with E-state index in [2.05, 4.69) is 19.9 Å². The topological polar surface area (TPSA) is 91.4 Å². The molecule has 0 bridgehead atoms. The number of anilines is 1. The minimum atomic E-state index is -3.16. The van der Waals surface area contributed by atoms with Gasteiger partial charge < -0.3 is 5.32 Å². The number of hydrogen-bond acceptors (Lipinski definition) is 5. The number of piperidine rings is 1. The van der Waals surface area contributed by atoms with Gasteiger partial charge in [-0.1, -0.05) is 12.1 Å². The molecule has 8 heteroatoms. The highest BCUT2D eigenvalue weighted by Gasteiger charge is 2.21. The van der Waals surface area contributed by atoms with Crippen molar-refractivity contribution in [1.82, 2.24) is 14.6 Å². The Kier molecular flexibility index (Phi) is 6.20. The van der Waals surface area contributed by atoms with Crippen molar-refractivity contribution in [2.45, 2.75) is 25.4 Å². The van der Waals surface area contributed by atoms with Gasteiger partial charge in [0.25, 0.3) is 5.91 Å². The Morgan fingerprint density at radius 2 is 1.89 bits per heavy atom. The fourth-order valence-electron chi connectivity index (χ4n) is 3.22. The second kappa shape index (κ2) is 8.60. The van der Waals surface area contributed by atoms with Crippen LogP contribution in [0.25, 0.3) is 0 Å². The van der Waals surface area contributed by atoms with Gasteiger partial charge in [0.15, 0.2) is 0 Å². The van der Waals surface area contributed by atoms with Crippen LogP contribution in [0.4, 0.5) is 5.69 Å². The molecule has 1 aliphatic rings. The smallest absolute Gasteiger partial charge is 0.255 e. The van der Waals surface area contributed by atoms with Gasteiger partial charge in [-0.3, -0.25) is 14.7 Å². The summed E-state index contributed by atoms with van der Waals surface area (Å²) < 4.78 is 25.4. The summed E-state index contributed by atoms with van der Waals surface area (Å²) >= 11 is 0. The summed E-state index contributed by atoms with van der Waals surface area (Å²) in [7, 11) is -3.16. The van der Waals surface area contributed by atoms with E-state index in [1.165, 1.54) is 6.26 Å². The van der Waals surface area contributed by atoms with Gasteiger partial charge in [-0.15, -0.1) is 0 Å². The van der Waals surface area contributed by atoms with E-state index in [0.717, 1.165) is 38.0 Å². The van der Waals surface area contributed by atoms with Gasteiger partial charge in [-0.2, -0.15) is 0 Å². The first-order chi connectivity index (χ1) is 12.9. The van der Waals surface area contributed by atoms with Crippen LogP contribution in [0.3, 0.4) is 0 Å². The number of aromatic nitrogens is 1. The maximum atomic E-state index is 12.4. The monoisotopic (exact) mass is 388 g/mol. The molecule has 1 fully saturated rings. The summed E-state index contributed by atoms with van der Waals surface area (Å²) in [6.07, 6.45) is 6.04. The quantitative estimate of drug-likeness (QED) is 0.788. The molecule has 2 aromatic rings. The lowest BCUT2D eigenvalue weighted by molar-refractivity contribution is 0.102. The predicted octanol–water partition coefficient (Wildman–Crippen LogP) is 1.85. The third-order valence-electron chi connectivity index (χ3n) is 4.50. The Hall–Kier alpha value is -2.29. The highest BCUT2D eigenvalue weighted by molar-refractivity contribution is 7.88. The standard InChI is InChI=1S/C19H24N4O3S/c1-27(25,26)22-18-7-11-23(12-8-18)14-15-3-2-4-16(13-15)19(24)21-17-5-9-20-10-6-17/h2-6,9-10,13,18,22H,7-8,11-12,14H2,1H3,(H,20,21,24). The number of pyridine rings is 1. The van der Waals surface area contributed by atoms with Crippen LogP contribution in [0.1, 0.15) is 28.8 Å². The van der Waals surface area contributed by atoms with E-state index in [0.29, 0.717) is 11.3 Å². The average molecular weight is 388 g/mol. The SMILES string of the molecule is CS(=O)(=O)NC1CCN(Cc2cccc(C(=O)Nc3ccncc3)c2)CC1. The Morgan fingerprint density at radius 1 is 1.19 bits per heavy atom. The summed E-state index contributed by atoms with van der Waals surface area (Å²) in [5.74, 6) is -0.154. The molecule has 27 heavy (non-hydrogen) atoms. The Bertz CT molecular complexity index is 879. The Morgan fingerprint density at radius 3 is 2.56 bits per heavy atom. The summed E-state index contributed by atoms with van der Waals surface area (Å²) in [6.45, 7) is 2.38. The molecule has 0 saturated carbocycles. The number of amides is 1. The lowest BCUT2D eigenvalue weighted by Crippen LogP contribution is -2.43. The molecule has 1 amide bonds. The van der Waals surface area contributed by atoms with Crippen LogP contribution in [-0.4, -0.2) is 49.6 Å². The molecule has 0 atom stereocenters. The van der Waals surface area contributed by atoms with Gasteiger partial charge in [-0.05, 0) is 42.7 Å². The van der Waals surface area contributed by atoms with E-state index < -0.39 is 10.0 Å². The second-order valence-corrected chi connectivity index (χ2v) is 8.61. The lowest BCUT2D eigenvalue weighted by Gasteiger charge is -2.32. The van der Waals surface area contributed by atoms with E-state index in [-0.39, 0.29) is 11.9 Å². The van der Waals surface area contributed by atoms with Gasteiger partial charge in [0.2, 0.25) is 10.0 Å². The van der Waals surface area contributed by atoms with Crippen LogP contribution >= 0.6 is 0 Å². The molecule has 7 nitrogen and oxygen atoms in total. The van der Waals surface area contributed by atoms with E-state index in [1.807, 2.05) is 18.2 Å². The van der Waals surface area contributed by atoms with Crippen molar-refractivity contribution in [3.63, 3.8) is 0 Å². The van der Waals surface area contributed by atoms with Crippen molar-refractivity contribution in [3.05, 3.63) is 59.9 Å². The number of likely N-dealkylation sites (tertiary alicyclic amines) is 1. The number of rotatable bonds is 6. The summed E-state index contributed by atoms with van der Waals surface area (Å²) in [4.78, 5) is 18.6. The van der Waals surface area contributed by atoms with Crippen molar-refractivity contribution in [2.24, 2.45) is 0 Å². The van der Waals surface area contributed by atoms with Gasteiger partial charge in [0.1, 0.15) is 0 Å². The zero-order valence-electron chi connectivity index (χ0n) is 15.3. The Balaban J connectivity index is 1.56. The van der Waals surface area contributed by atoms with Gasteiger partial charge in [0.05, 0.1) is 6.26 Å². The first-order valence-electron chi connectivity index (χ1n) is 8.89. The molecule has 1 aromatic carbocycles. The van der Waals surface area contributed by atoms with Crippen LogP contribution in [0.2, 0.25) is 0 Å². The van der Waals surface area contributed by atoms with Crippen molar-refractivity contribution in [3.8, 4) is 0 Å². The summed E-state index contributed by atoms with van der Waals surface area (Å²) in [5, 5.41) is 2.86. The van der Waals surface area contributed by atoms with Crippen molar-refractivity contribution in [1.29, 1.82) is 0 Å². The van der Waals surface area contributed by atoms with E-state index in [4.69, 9.17) is 0 Å². The summed E-state index contributed by atoms with van der Waals surface area (Å²) in [6, 6.07) is 11.1. The van der Waals surface area contributed by atoms with Crippen LogP contribution in [0, 0.1) is 0 Å². The molecule has 0 radical (unpaired) electrons. The highest BCUT2D eigenvalue weighted by atomic mass is 32.2. The highest BCUT2D eigenvalue weighted by Crippen LogP contribution is 2.16. The predicted molar refractivity (Wildman–Crippen MR) is 105 cm³/mol. The van der Waals surface area contributed by atoms with Crippen LogP contribution in [0.5, 0.6) is 0 Å². The largest absolute Gasteiger partial charge is 0.322 e. The number of carbonyl (C=O) groups is 1. The first-order valence-corrected chi connectivity index (χ1v) is 10.8. The first kappa shape index (κ1) is 19.5. The van der Waals surface area contributed by atoms with Gasteiger partial charge >= 0.3 is 0 Å². The maximum Gasteiger partial charge on any atom is 0.255 e. The minimum absolute atomic E-state index is 0.00808. The number of benzene rings is 1. The molecule has 0 spiro atoms. The number of nitrogens with zero attached hydrogens (tertiary/aromatic N) is 2. The fourth-order valence-corrected chi connectivity index (χ4v) is 4.06. The van der Waals surface area contributed by atoms with E-state index >= 15 is 0 Å². The molecule has 0 unspecified atom stereocenters. The van der Waals surface area contributed by atoms with Crippen LogP contribution in [-0.2, 0) is 16.6 Å². The molecule has 144 valence electrons. The molecule has 2 N–H and O–H groups in total. The number of carbonyl (C=O) groups excluding carboxylic acids is 1. The maximum absolute atomic E-state index is 12.4. The molecule has 2 heterocycles. The fraction of sp³-hybridized carbons (Fsp3) is 0.368.